The highest BCUT2D eigenvalue weighted by Gasteiger charge is 2.42. The van der Waals surface area contributed by atoms with Crippen LogP contribution in [0.15, 0.2) is 59.4 Å². The number of H-pyrrole nitrogens is 1. The van der Waals surface area contributed by atoms with Crippen LogP contribution in [0.25, 0.3) is 22.2 Å². The van der Waals surface area contributed by atoms with Crippen LogP contribution in [0.5, 0.6) is 5.75 Å². The van der Waals surface area contributed by atoms with Crippen molar-refractivity contribution in [2.75, 3.05) is 20.1 Å². The number of benzene rings is 2. The fourth-order valence-electron chi connectivity index (χ4n) is 7.21. The molecule has 214 valence electrons. The fraction of sp³-hybridized carbons (Fsp3) is 0.394. The van der Waals surface area contributed by atoms with E-state index in [1.165, 1.54) is 24.1 Å². The lowest BCUT2D eigenvalue weighted by Crippen LogP contribution is -2.31. The number of rotatable bonds is 8. The molecule has 1 unspecified atom stereocenters. The van der Waals surface area contributed by atoms with Crippen LogP contribution in [0, 0.1) is 11.8 Å². The summed E-state index contributed by atoms with van der Waals surface area (Å²) in [5, 5.41) is 21.0. The number of nitrogens with zero attached hydrogens (tertiary/aromatic N) is 3. The highest BCUT2D eigenvalue weighted by atomic mass is 16.4. The Balaban J connectivity index is 1.16. The number of hydrogen-bond donors (Lipinski definition) is 3. The van der Waals surface area contributed by atoms with E-state index in [0.717, 1.165) is 54.5 Å². The van der Waals surface area contributed by atoms with Gasteiger partial charge in [0, 0.05) is 61.4 Å². The first-order valence-electron chi connectivity index (χ1n) is 14.5. The molecule has 1 aliphatic carbocycles. The molecule has 2 aromatic carbocycles. The third kappa shape index (κ3) is 5.06. The zero-order chi connectivity index (χ0) is 28.8. The largest absolute Gasteiger partial charge is 0.506 e. The van der Waals surface area contributed by atoms with E-state index in [1.807, 2.05) is 25.1 Å². The topological polar surface area (TPSA) is 102 Å². The summed E-state index contributed by atoms with van der Waals surface area (Å²) in [5.41, 5.74) is 3.93. The van der Waals surface area contributed by atoms with E-state index < -0.39 is 22.8 Å². The number of fused-ring (bicyclic) bond motifs is 2. The van der Waals surface area contributed by atoms with E-state index >= 15 is 0 Å². The predicted molar refractivity (Wildman–Crippen MR) is 160 cm³/mol. The molecule has 0 spiro atoms. The number of carboxylic acid groups (broad SMARTS) is 1. The number of aromatic amines is 1. The van der Waals surface area contributed by atoms with Crippen molar-refractivity contribution in [1.29, 1.82) is 0 Å². The Kier molecular flexibility index (Phi) is 7.21. The number of hydrogen-bond acceptors (Lipinski definition) is 5. The minimum absolute atomic E-state index is 0.385. The lowest BCUT2D eigenvalue weighted by atomic mass is 9.99. The van der Waals surface area contributed by atoms with Crippen molar-refractivity contribution in [3.05, 3.63) is 87.3 Å². The summed E-state index contributed by atoms with van der Waals surface area (Å²) in [6, 6.07) is 19.5. The number of aromatic carboxylic acids is 1. The second kappa shape index (κ2) is 10.8. The smallest absolute Gasteiger partial charge is 0.345 e. The van der Waals surface area contributed by atoms with Crippen LogP contribution in [-0.2, 0) is 26.6 Å². The fourth-order valence-corrected chi connectivity index (χ4v) is 7.21. The molecular weight excluding hydrogens is 516 g/mol. The van der Waals surface area contributed by atoms with Gasteiger partial charge in [-0.2, -0.15) is 0 Å². The van der Waals surface area contributed by atoms with Crippen LogP contribution in [-0.4, -0.2) is 61.7 Å². The number of likely N-dealkylation sites (tertiary alicyclic amines) is 1. The molecule has 1 saturated carbocycles. The maximum atomic E-state index is 12.5. The van der Waals surface area contributed by atoms with Crippen LogP contribution >= 0.6 is 0 Å². The SMILES string of the molecule is CCc1c(-c2ccc3c(c2)cc(CN2C[C@H]4CC(N(C)Cc5ccccc5)C[C@H]4C2)n3C)[nH]c(=O)c(C(=O)O)c1O. The van der Waals surface area contributed by atoms with Gasteiger partial charge in [-0.15, -0.1) is 0 Å². The first-order valence-corrected chi connectivity index (χ1v) is 14.5. The summed E-state index contributed by atoms with van der Waals surface area (Å²) in [6.07, 6.45) is 2.90. The van der Waals surface area contributed by atoms with Gasteiger partial charge in [0.2, 0.25) is 0 Å². The summed E-state index contributed by atoms with van der Waals surface area (Å²) < 4.78 is 2.23. The van der Waals surface area contributed by atoms with Crippen molar-refractivity contribution in [2.24, 2.45) is 18.9 Å². The maximum Gasteiger partial charge on any atom is 0.345 e. The number of carboxylic acids is 1. The average molecular weight is 555 g/mol. The Hall–Kier alpha value is -3.88. The molecular formula is C33H38N4O4. The number of aromatic hydroxyl groups is 1. The second-order valence-electron chi connectivity index (χ2n) is 11.9. The Labute approximate surface area is 239 Å². The molecule has 0 amide bonds. The molecule has 3 heterocycles. The summed E-state index contributed by atoms with van der Waals surface area (Å²) in [5.74, 6) is -0.412. The van der Waals surface area contributed by atoms with Crippen molar-refractivity contribution < 1.29 is 15.0 Å². The standard InChI is InChI=1S/C33H38N4O4/c1-4-27-30(34-32(39)29(31(27)38)33(40)41)21-10-11-28-22(12-21)13-26(36(28)3)19-37-17-23-14-25(15-24(23)18-37)35(2)16-20-8-6-5-7-9-20/h5-13,23-25H,4,14-19H2,1-3H3,(H,40,41)(H2,34,38,39)/t23-,24+,25?. The van der Waals surface area contributed by atoms with Gasteiger partial charge in [-0.25, -0.2) is 4.79 Å². The molecule has 8 nitrogen and oxygen atoms in total. The summed E-state index contributed by atoms with van der Waals surface area (Å²) in [7, 11) is 4.36. The third-order valence-corrected chi connectivity index (χ3v) is 9.37. The molecule has 0 radical (unpaired) electrons. The molecule has 0 bridgehead atoms. The highest BCUT2D eigenvalue weighted by Crippen LogP contribution is 2.41. The molecule has 2 aromatic heterocycles. The summed E-state index contributed by atoms with van der Waals surface area (Å²) >= 11 is 0. The highest BCUT2D eigenvalue weighted by molar-refractivity contribution is 5.92. The van der Waals surface area contributed by atoms with Gasteiger partial charge in [-0.3, -0.25) is 14.6 Å². The third-order valence-electron chi connectivity index (χ3n) is 9.37. The molecule has 2 fully saturated rings. The van der Waals surface area contributed by atoms with E-state index in [1.54, 1.807) is 0 Å². The van der Waals surface area contributed by atoms with E-state index in [4.69, 9.17) is 0 Å². The monoisotopic (exact) mass is 554 g/mol. The Morgan fingerprint density at radius 2 is 1.78 bits per heavy atom. The molecule has 1 saturated heterocycles. The van der Waals surface area contributed by atoms with Gasteiger partial charge >= 0.3 is 5.97 Å². The van der Waals surface area contributed by atoms with Crippen molar-refractivity contribution in [1.82, 2.24) is 19.4 Å². The molecule has 2 aliphatic rings. The number of carbonyl (C=O) groups is 1. The van der Waals surface area contributed by atoms with Gasteiger partial charge in [-0.1, -0.05) is 43.3 Å². The number of pyridine rings is 1. The molecule has 3 atom stereocenters. The maximum absolute atomic E-state index is 12.5. The quantitative estimate of drug-likeness (QED) is 0.288. The minimum Gasteiger partial charge on any atom is -0.506 e. The lowest BCUT2D eigenvalue weighted by molar-refractivity contribution is 0.0691. The van der Waals surface area contributed by atoms with Crippen LogP contribution in [0.3, 0.4) is 0 Å². The summed E-state index contributed by atoms with van der Waals surface area (Å²) in [6.45, 7) is 5.98. The van der Waals surface area contributed by atoms with Gasteiger partial charge in [0.15, 0.2) is 5.56 Å². The first kappa shape index (κ1) is 27.3. The van der Waals surface area contributed by atoms with Crippen LogP contribution in [0.4, 0.5) is 0 Å². The van der Waals surface area contributed by atoms with E-state index in [-0.39, 0.29) is 0 Å². The first-order chi connectivity index (χ1) is 19.7. The number of nitrogens with one attached hydrogen (secondary N) is 1. The van der Waals surface area contributed by atoms with Gasteiger partial charge in [0.05, 0.1) is 5.69 Å². The van der Waals surface area contributed by atoms with Gasteiger partial charge in [0.1, 0.15) is 5.75 Å². The van der Waals surface area contributed by atoms with E-state index in [2.05, 4.69) is 69.8 Å². The average Bonchev–Trinajstić information content (AvgIpc) is 3.60. The molecule has 41 heavy (non-hydrogen) atoms. The van der Waals surface area contributed by atoms with Crippen LogP contribution < -0.4 is 5.56 Å². The van der Waals surface area contributed by atoms with Crippen molar-refractivity contribution in [3.63, 3.8) is 0 Å². The van der Waals surface area contributed by atoms with Gasteiger partial charge < -0.3 is 19.8 Å². The van der Waals surface area contributed by atoms with Crippen LogP contribution in [0.2, 0.25) is 0 Å². The zero-order valence-electron chi connectivity index (χ0n) is 23.9. The second-order valence-corrected chi connectivity index (χ2v) is 11.9. The lowest BCUT2D eigenvalue weighted by Gasteiger charge is -2.26. The minimum atomic E-state index is -1.44. The Bertz CT molecular complexity index is 1640. The molecule has 8 heteroatoms. The predicted octanol–water partition coefficient (Wildman–Crippen LogP) is 4.84. The van der Waals surface area contributed by atoms with Crippen molar-refractivity contribution in [2.45, 2.75) is 45.3 Å². The van der Waals surface area contributed by atoms with E-state index in [0.29, 0.717) is 23.7 Å². The Morgan fingerprint density at radius 3 is 2.44 bits per heavy atom. The zero-order valence-corrected chi connectivity index (χ0v) is 23.9. The molecule has 4 aromatic rings. The molecule has 6 rings (SSSR count). The summed E-state index contributed by atoms with van der Waals surface area (Å²) in [4.78, 5) is 31.8. The van der Waals surface area contributed by atoms with Crippen LogP contribution in [0.1, 0.15) is 46.9 Å². The Morgan fingerprint density at radius 1 is 1.07 bits per heavy atom. The number of aromatic nitrogens is 2. The number of aryl methyl sites for hydroxylation is 1. The van der Waals surface area contributed by atoms with Gasteiger partial charge in [-0.05, 0) is 67.5 Å². The van der Waals surface area contributed by atoms with Crippen molar-refractivity contribution in [3.8, 4) is 17.0 Å². The van der Waals surface area contributed by atoms with Crippen molar-refractivity contribution >= 4 is 16.9 Å². The molecule has 3 N–H and O–H groups in total. The normalized spacial score (nSPS) is 20.7. The van der Waals surface area contributed by atoms with E-state index in [9.17, 15) is 19.8 Å². The molecule has 1 aliphatic heterocycles. The van der Waals surface area contributed by atoms with Gasteiger partial charge in [0.25, 0.3) is 5.56 Å².